The van der Waals surface area contributed by atoms with Crippen molar-refractivity contribution in [2.75, 3.05) is 18.4 Å². The first-order chi connectivity index (χ1) is 11.6. The molecule has 0 bridgehead atoms. The van der Waals surface area contributed by atoms with E-state index in [4.69, 9.17) is 0 Å². The van der Waals surface area contributed by atoms with Crippen LogP contribution in [0.2, 0.25) is 0 Å². The number of anilines is 1. The molecular weight excluding hydrogens is 331 g/mol. The normalized spacial score (nSPS) is 14.1. The van der Waals surface area contributed by atoms with E-state index in [0.29, 0.717) is 35.2 Å². The van der Waals surface area contributed by atoms with Gasteiger partial charge in [-0.25, -0.2) is 4.39 Å². The Morgan fingerprint density at radius 2 is 2.12 bits per heavy atom. The molecule has 3 rings (SSSR count). The molecule has 1 aromatic carbocycles. The van der Waals surface area contributed by atoms with Crippen molar-refractivity contribution < 1.29 is 14.0 Å². The Morgan fingerprint density at radius 3 is 2.83 bits per heavy atom. The van der Waals surface area contributed by atoms with Crippen molar-refractivity contribution in [3.63, 3.8) is 0 Å². The number of hydrogen-bond acceptors (Lipinski definition) is 5. The zero-order valence-electron chi connectivity index (χ0n) is 12.7. The molecule has 1 aliphatic rings. The van der Waals surface area contributed by atoms with Crippen LogP contribution >= 0.6 is 11.3 Å². The molecule has 0 aliphatic carbocycles. The van der Waals surface area contributed by atoms with Crippen LogP contribution in [0, 0.1) is 11.7 Å². The highest BCUT2D eigenvalue weighted by atomic mass is 32.1. The molecule has 0 saturated carbocycles. The first kappa shape index (κ1) is 16.3. The summed E-state index contributed by atoms with van der Waals surface area (Å²) >= 11 is 1.21. The first-order valence-corrected chi connectivity index (χ1v) is 8.16. The van der Waals surface area contributed by atoms with Crippen molar-refractivity contribution in [2.45, 2.75) is 6.42 Å². The minimum atomic E-state index is -0.292. The van der Waals surface area contributed by atoms with E-state index in [1.807, 2.05) is 0 Å². The summed E-state index contributed by atoms with van der Waals surface area (Å²) in [6.07, 6.45) is 1.55. The number of carbonyl (C=O) groups excluding carboxylic acids is 2. The average molecular weight is 346 g/mol. The van der Waals surface area contributed by atoms with Gasteiger partial charge in [0.05, 0.1) is 5.92 Å². The molecule has 2 heterocycles. The number of benzene rings is 1. The highest BCUT2D eigenvalue weighted by Crippen LogP contribution is 2.22. The van der Waals surface area contributed by atoms with Gasteiger partial charge in [-0.05, 0) is 17.7 Å². The van der Waals surface area contributed by atoms with Crippen LogP contribution in [0.1, 0.15) is 10.6 Å². The number of nitrogens with zero attached hydrogens (tertiary/aromatic N) is 3. The van der Waals surface area contributed by atoms with Crippen molar-refractivity contribution in [3.05, 3.63) is 53.3 Å². The highest BCUT2D eigenvalue weighted by molar-refractivity contribution is 7.15. The Labute approximate surface area is 142 Å². The van der Waals surface area contributed by atoms with Crippen LogP contribution in [0.5, 0.6) is 0 Å². The molecule has 0 unspecified atom stereocenters. The van der Waals surface area contributed by atoms with E-state index < -0.39 is 0 Å². The standard InChI is InChI=1S/C16H15FN4O2S/c1-2-14(22)21-8-11(9-21)15(23)18-16-20-19-13(24-16)7-10-5-3-4-6-12(10)17/h2-6,11H,1,7-9H2,(H,18,20,23). The second kappa shape index (κ2) is 6.88. The quantitative estimate of drug-likeness (QED) is 0.839. The number of carbonyl (C=O) groups is 2. The van der Waals surface area contributed by atoms with Crippen LogP contribution in [0.25, 0.3) is 0 Å². The number of halogens is 1. The van der Waals surface area contributed by atoms with Gasteiger partial charge in [-0.3, -0.25) is 9.59 Å². The maximum absolute atomic E-state index is 13.6. The second-order valence-corrected chi connectivity index (χ2v) is 6.46. The van der Waals surface area contributed by atoms with Crippen LogP contribution in [0.15, 0.2) is 36.9 Å². The lowest BCUT2D eigenvalue weighted by Crippen LogP contribution is -2.53. The van der Waals surface area contributed by atoms with Crippen LogP contribution in [-0.4, -0.2) is 40.0 Å². The van der Waals surface area contributed by atoms with Gasteiger partial charge in [-0.15, -0.1) is 10.2 Å². The van der Waals surface area contributed by atoms with E-state index in [1.54, 1.807) is 23.1 Å². The SMILES string of the molecule is C=CC(=O)N1CC(C(=O)Nc2nnc(Cc3ccccc3F)s2)C1. The highest BCUT2D eigenvalue weighted by Gasteiger charge is 2.35. The van der Waals surface area contributed by atoms with E-state index in [2.05, 4.69) is 22.1 Å². The number of likely N-dealkylation sites (tertiary alicyclic amines) is 1. The molecule has 1 aliphatic heterocycles. The van der Waals surface area contributed by atoms with Crippen molar-refractivity contribution in [1.82, 2.24) is 15.1 Å². The summed E-state index contributed by atoms with van der Waals surface area (Å²) in [7, 11) is 0. The van der Waals surface area contributed by atoms with Crippen LogP contribution in [0.3, 0.4) is 0 Å². The zero-order valence-corrected chi connectivity index (χ0v) is 13.6. The maximum atomic E-state index is 13.6. The molecule has 1 fully saturated rings. The van der Waals surface area contributed by atoms with Gasteiger partial charge < -0.3 is 10.2 Å². The monoisotopic (exact) mass is 346 g/mol. The van der Waals surface area contributed by atoms with Crippen LogP contribution in [-0.2, 0) is 16.0 Å². The molecule has 0 spiro atoms. The fraction of sp³-hybridized carbons (Fsp3) is 0.250. The van der Waals surface area contributed by atoms with Gasteiger partial charge in [0.2, 0.25) is 16.9 Å². The molecule has 8 heteroatoms. The molecule has 6 nitrogen and oxygen atoms in total. The molecule has 1 N–H and O–H groups in total. The Morgan fingerprint density at radius 1 is 1.38 bits per heavy atom. The minimum Gasteiger partial charge on any atom is -0.337 e. The summed E-state index contributed by atoms with van der Waals surface area (Å²) in [6, 6.07) is 6.47. The van der Waals surface area contributed by atoms with Crippen molar-refractivity contribution in [1.29, 1.82) is 0 Å². The summed E-state index contributed by atoms with van der Waals surface area (Å²) in [4.78, 5) is 25.0. The lowest BCUT2D eigenvalue weighted by molar-refractivity contribution is -0.137. The number of amides is 2. The Kier molecular flexibility index (Phi) is 4.66. The molecule has 1 saturated heterocycles. The Hall–Kier alpha value is -2.61. The van der Waals surface area contributed by atoms with Crippen molar-refractivity contribution in [3.8, 4) is 0 Å². The lowest BCUT2D eigenvalue weighted by Gasteiger charge is -2.37. The predicted octanol–water partition coefficient (Wildman–Crippen LogP) is 1.85. The second-order valence-electron chi connectivity index (χ2n) is 5.40. The third kappa shape index (κ3) is 3.48. The van der Waals surface area contributed by atoms with Gasteiger partial charge >= 0.3 is 0 Å². The fourth-order valence-corrected chi connectivity index (χ4v) is 3.11. The first-order valence-electron chi connectivity index (χ1n) is 7.35. The third-order valence-corrected chi connectivity index (χ3v) is 4.57. The number of nitrogens with one attached hydrogen (secondary N) is 1. The topological polar surface area (TPSA) is 75.2 Å². The molecule has 124 valence electrons. The maximum Gasteiger partial charge on any atom is 0.246 e. The fourth-order valence-electron chi connectivity index (χ4n) is 2.34. The predicted molar refractivity (Wildman–Crippen MR) is 88.0 cm³/mol. The van der Waals surface area contributed by atoms with E-state index in [-0.39, 0.29) is 23.5 Å². The number of aromatic nitrogens is 2. The Balaban J connectivity index is 1.55. The summed E-state index contributed by atoms with van der Waals surface area (Å²) in [5, 5.41) is 11.6. The Bertz CT molecular complexity index is 786. The van der Waals surface area contributed by atoms with Crippen LogP contribution in [0.4, 0.5) is 9.52 Å². The van der Waals surface area contributed by atoms with Gasteiger partial charge in [0.15, 0.2) is 0 Å². The van der Waals surface area contributed by atoms with E-state index >= 15 is 0 Å². The molecule has 24 heavy (non-hydrogen) atoms. The molecule has 2 amide bonds. The van der Waals surface area contributed by atoms with Gasteiger partial charge in [-0.2, -0.15) is 0 Å². The zero-order chi connectivity index (χ0) is 17.1. The van der Waals surface area contributed by atoms with E-state index in [9.17, 15) is 14.0 Å². The molecule has 0 radical (unpaired) electrons. The third-order valence-electron chi connectivity index (χ3n) is 3.74. The minimum absolute atomic E-state index is 0.179. The van der Waals surface area contributed by atoms with Gasteiger partial charge in [0, 0.05) is 19.5 Å². The summed E-state index contributed by atoms with van der Waals surface area (Å²) in [5.74, 6) is -0.925. The molecule has 2 aromatic rings. The number of rotatable bonds is 5. The summed E-state index contributed by atoms with van der Waals surface area (Å²) in [6.45, 7) is 4.15. The largest absolute Gasteiger partial charge is 0.337 e. The molecular formula is C16H15FN4O2S. The lowest BCUT2D eigenvalue weighted by atomic mass is 9.99. The van der Waals surface area contributed by atoms with Gasteiger partial charge in [0.1, 0.15) is 10.8 Å². The average Bonchev–Trinajstić information content (AvgIpc) is 2.95. The van der Waals surface area contributed by atoms with Crippen LogP contribution < -0.4 is 5.32 Å². The van der Waals surface area contributed by atoms with Gasteiger partial charge in [0.25, 0.3) is 0 Å². The molecule has 1 aromatic heterocycles. The van der Waals surface area contributed by atoms with E-state index in [1.165, 1.54) is 23.5 Å². The summed E-state index contributed by atoms with van der Waals surface area (Å²) < 4.78 is 13.6. The van der Waals surface area contributed by atoms with Gasteiger partial charge in [-0.1, -0.05) is 36.1 Å². The van der Waals surface area contributed by atoms with Crippen molar-refractivity contribution in [2.24, 2.45) is 5.92 Å². The number of hydrogen-bond donors (Lipinski definition) is 1. The molecule has 0 atom stereocenters. The van der Waals surface area contributed by atoms with Crippen molar-refractivity contribution >= 4 is 28.3 Å². The van der Waals surface area contributed by atoms with E-state index in [0.717, 1.165) is 0 Å². The summed E-state index contributed by atoms with van der Waals surface area (Å²) in [5.41, 5.74) is 0.532. The smallest absolute Gasteiger partial charge is 0.246 e.